The van der Waals surface area contributed by atoms with Gasteiger partial charge in [-0.2, -0.15) is 5.26 Å². The number of likely N-dealkylation sites (tertiary alicyclic amines) is 1. The minimum Gasteiger partial charge on any atom is -0.378 e. The van der Waals surface area contributed by atoms with Crippen LogP contribution in [0.15, 0.2) is 0 Å². The van der Waals surface area contributed by atoms with Crippen LogP contribution in [0.2, 0.25) is 0 Å². The molecule has 0 bridgehead atoms. The fourth-order valence-corrected chi connectivity index (χ4v) is 4.37. The van der Waals surface area contributed by atoms with Crippen molar-refractivity contribution in [3.05, 3.63) is 0 Å². The van der Waals surface area contributed by atoms with Gasteiger partial charge in [0.25, 0.3) is 0 Å². The summed E-state index contributed by atoms with van der Waals surface area (Å²) in [7, 11) is 0. The molecule has 0 aromatic carbocycles. The number of hydrogen-bond acceptors (Lipinski definition) is 5. The molecule has 0 radical (unpaired) electrons. The Labute approximate surface area is 155 Å². The first-order valence-electron chi connectivity index (χ1n) is 9.93. The van der Waals surface area contributed by atoms with E-state index in [2.05, 4.69) is 16.3 Å². The lowest BCUT2D eigenvalue weighted by atomic mass is 9.83. The van der Waals surface area contributed by atoms with E-state index in [4.69, 9.17) is 4.74 Å². The van der Waals surface area contributed by atoms with Crippen LogP contribution in [0, 0.1) is 17.2 Å². The molecule has 2 amide bonds. The second kappa shape index (κ2) is 8.83. The molecule has 7 heteroatoms. The molecule has 3 fully saturated rings. The van der Waals surface area contributed by atoms with Crippen molar-refractivity contribution in [1.29, 1.82) is 5.26 Å². The minimum absolute atomic E-state index is 0.0331. The van der Waals surface area contributed by atoms with E-state index in [9.17, 15) is 14.9 Å². The predicted octanol–water partition coefficient (Wildman–Crippen LogP) is 0.900. The van der Waals surface area contributed by atoms with Crippen LogP contribution in [-0.2, 0) is 14.3 Å². The molecule has 1 saturated carbocycles. The molecular formula is C19H30N4O3. The molecule has 144 valence electrons. The Morgan fingerprint density at radius 2 is 1.85 bits per heavy atom. The zero-order valence-corrected chi connectivity index (χ0v) is 15.5. The van der Waals surface area contributed by atoms with E-state index in [0.717, 1.165) is 51.5 Å². The van der Waals surface area contributed by atoms with Gasteiger partial charge in [0.1, 0.15) is 5.54 Å². The third-order valence-corrected chi connectivity index (χ3v) is 5.84. The number of amides is 2. The number of nitriles is 1. The summed E-state index contributed by atoms with van der Waals surface area (Å²) in [6.45, 7) is 4.29. The highest BCUT2D eigenvalue weighted by Crippen LogP contribution is 2.27. The van der Waals surface area contributed by atoms with Gasteiger partial charge in [-0.15, -0.1) is 0 Å². The first-order valence-corrected chi connectivity index (χ1v) is 9.93. The number of rotatable bonds is 4. The van der Waals surface area contributed by atoms with E-state index >= 15 is 0 Å². The molecule has 2 heterocycles. The second-order valence-electron chi connectivity index (χ2n) is 7.81. The summed E-state index contributed by atoms with van der Waals surface area (Å²) < 4.78 is 5.32. The first kappa shape index (κ1) is 19.1. The first-order chi connectivity index (χ1) is 12.6. The number of hydrogen-bond donors (Lipinski definition) is 1. The van der Waals surface area contributed by atoms with Gasteiger partial charge >= 0.3 is 0 Å². The summed E-state index contributed by atoms with van der Waals surface area (Å²) in [6, 6.07) is 2.33. The molecule has 0 aromatic rings. The van der Waals surface area contributed by atoms with Gasteiger partial charge in [-0.3, -0.25) is 14.5 Å². The van der Waals surface area contributed by atoms with E-state index in [-0.39, 0.29) is 24.3 Å². The van der Waals surface area contributed by atoms with E-state index in [0.29, 0.717) is 32.8 Å². The quantitative estimate of drug-likeness (QED) is 0.803. The third-order valence-electron chi connectivity index (χ3n) is 5.84. The van der Waals surface area contributed by atoms with Gasteiger partial charge in [0.05, 0.1) is 31.7 Å². The Bertz CT molecular complexity index is 547. The average Bonchev–Trinajstić information content (AvgIpc) is 2.69. The topological polar surface area (TPSA) is 85.7 Å². The van der Waals surface area contributed by atoms with E-state index in [1.165, 1.54) is 0 Å². The van der Waals surface area contributed by atoms with E-state index in [1.54, 1.807) is 0 Å². The van der Waals surface area contributed by atoms with Crippen LogP contribution in [0.1, 0.15) is 44.9 Å². The van der Waals surface area contributed by atoms with Gasteiger partial charge in [0, 0.05) is 19.6 Å². The highest BCUT2D eigenvalue weighted by atomic mass is 16.5. The molecule has 3 rings (SSSR count). The lowest BCUT2D eigenvalue weighted by Gasteiger charge is -2.37. The Kier molecular flexibility index (Phi) is 6.49. The fourth-order valence-electron chi connectivity index (χ4n) is 4.37. The molecule has 0 aromatic heterocycles. The molecule has 1 atom stereocenters. The van der Waals surface area contributed by atoms with Crippen molar-refractivity contribution in [2.75, 3.05) is 45.9 Å². The molecule has 3 aliphatic rings. The van der Waals surface area contributed by atoms with Crippen molar-refractivity contribution in [2.24, 2.45) is 5.92 Å². The van der Waals surface area contributed by atoms with Crippen molar-refractivity contribution < 1.29 is 14.3 Å². The summed E-state index contributed by atoms with van der Waals surface area (Å²) in [5, 5.41) is 12.5. The molecule has 7 nitrogen and oxygen atoms in total. The summed E-state index contributed by atoms with van der Waals surface area (Å²) in [5.41, 5.74) is -0.686. The Morgan fingerprint density at radius 3 is 2.54 bits per heavy atom. The van der Waals surface area contributed by atoms with Crippen molar-refractivity contribution >= 4 is 11.8 Å². The van der Waals surface area contributed by atoms with Gasteiger partial charge in [0.2, 0.25) is 11.8 Å². The van der Waals surface area contributed by atoms with E-state index < -0.39 is 5.54 Å². The average molecular weight is 362 g/mol. The third kappa shape index (κ3) is 4.74. The molecule has 26 heavy (non-hydrogen) atoms. The summed E-state index contributed by atoms with van der Waals surface area (Å²) in [5.74, 6) is 0.0707. The number of ether oxygens (including phenoxy) is 1. The maximum absolute atomic E-state index is 12.7. The number of piperidine rings is 1. The number of carbonyl (C=O) groups is 2. The molecule has 1 N–H and O–H groups in total. The van der Waals surface area contributed by atoms with Crippen LogP contribution >= 0.6 is 0 Å². The largest absolute Gasteiger partial charge is 0.378 e. The van der Waals surface area contributed by atoms with Gasteiger partial charge in [-0.25, -0.2) is 0 Å². The van der Waals surface area contributed by atoms with Gasteiger partial charge in [-0.05, 0) is 32.2 Å². The summed E-state index contributed by atoms with van der Waals surface area (Å²) >= 11 is 0. The predicted molar refractivity (Wildman–Crippen MR) is 96.1 cm³/mol. The maximum Gasteiger partial charge on any atom is 0.235 e. The molecular weight excluding hydrogens is 332 g/mol. The van der Waals surface area contributed by atoms with Gasteiger partial charge < -0.3 is 15.0 Å². The van der Waals surface area contributed by atoms with Crippen molar-refractivity contribution in [3.8, 4) is 6.07 Å². The molecule has 2 aliphatic heterocycles. The molecule has 1 aliphatic carbocycles. The lowest BCUT2D eigenvalue weighted by molar-refractivity contribution is -0.142. The van der Waals surface area contributed by atoms with Crippen LogP contribution in [0.3, 0.4) is 0 Å². The van der Waals surface area contributed by atoms with Crippen LogP contribution in [0.5, 0.6) is 0 Å². The zero-order chi connectivity index (χ0) is 18.4. The number of carbonyl (C=O) groups excluding carboxylic acids is 2. The smallest absolute Gasteiger partial charge is 0.235 e. The van der Waals surface area contributed by atoms with Crippen LogP contribution in [0.25, 0.3) is 0 Å². The molecule has 2 saturated heterocycles. The van der Waals surface area contributed by atoms with Gasteiger partial charge in [0.15, 0.2) is 0 Å². The summed E-state index contributed by atoms with van der Waals surface area (Å²) in [6.07, 6.45) is 6.42. The Hall–Kier alpha value is -1.65. The van der Waals surface area contributed by atoms with Crippen molar-refractivity contribution in [1.82, 2.24) is 15.1 Å². The summed E-state index contributed by atoms with van der Waals surface area (Å²) in [4.78, 5) is 29.2. The van der Waals surface area contributed by atoms with Crippen LogP contribution in [-0.4, -0.2) is 73.1 Å². The molecule has 1 unspecified atom stereocenters. The monoisotopic (exact) mass is 362 g/mol. The lowest BCUT2D eigenvalue weighted by Crippen LogP contribution is -2.53. The van der Waals surface area contributed by atoms with Crippen molar-refractivity contribution in [2.45, 2.75) is 50.5 Å². The normalized spacial score (nSPS) is 26.7. The zero-order valence-electron chi connectivity index (χ0n) is 15.5. The van der Waals surface area contributed by atoms with Crippen LogP contribution < -0.4 is 5.32 Å². The van der Waals surface area contributed by atoms with Gasteiger partial charge in [-0.1, -0.05) is 19.3 Å². The Morgan fingerprint density at radius 1 is 1.12 bits per heavy atom. The maximum atomic E-state index is 12.7. The van der Waals surface area contributed by atoms with Crippen molar-refractivity contribution in [3.63, 3.8) is 0 Å². The number of nitrogens with zero attached hydrogens (tertiary/aromatic N) is 3. The fraction of sp³-hybridized carbons (Fsp3) is 0.842. The number of nitrogens with one attached hydrogen (secondary N) is 1. The highest BCUT2D eigenvalue weighted by Gasteiger charge is 2.35. The standard InChI is InChI=1S/C19H30N4O3/c20-15-19(6-2-1-3-7-19)21-17(24)14-22-8-4-5-16(13-22)18(25)23-9-11-26-12-10-23/h16H,1-14H2,(H,21,24). The number of morpholine rings is 1. The molecule has 0 spiro atoms. The highest BCUT2D eigenvalue weighted by molar-refractivity contribution is 5.81. The van der Waals surface area contributed by atoms with Crippen LogP contribution in [0.4, 0.5) is 0 Å². The SMILES string of the molecule is N#CC1(NC(=O)CN2CCCC(C(=O)N3CCOCC3)C2)CCCCC1. The minimum atomic E-state index is -0.686. The Balaban J connectivity index is 1.50. The van der Waals surface area contributed by atoms with E-state index in [1.807, 2.05) is 4.90 Å². The second-order valence-corrected chi connectivity index (χ2v) is 7.81.